The highest BCUT2D eigenvalue weighted by Crippen LogP contribution is 2.25. The minimum Gasteiger partial charge on any atom is -0.342 e. The van der Waals surface area contributed by atoms with Gasteiger partial charge in [0.2, 0.25) is 29.5 Å². The Labute approximate surface area is 215 Å². The number of carbonyl (C=O) groups excluding carboxylic acids is 5. The van der Waals surface area contributed by atoms with Crippen molar-refractivity contribution in [2.45, 2.75) is 84.6 Å². The number of carbonyl (C=O) groups is 5. The molecule has 0 aromatic rings. The van der Waals surface area contributed by atoms with E-state index in [1.165, 1.54) is 21.6 Å². The summed E-state index contributed by atoms with van der Waals surface area (Å²) in [5.74, 6) is -2.41. The maximum Gasteiger partial charge on any atom is 0.244 e. The molecule has 5 amide bonds. The van der Waals surface area contributed by atoms with Crippen LogP contribution >= 0.6 is 21.6 Å². The lowest BCUT2D eigenvalue weighted by molar-refractivity contribution is -0.135. The molecule has 12 heteroatoms. The number of hydrogen-bond acceptors (Lipinski definition) is 7. The van der Waals surface area contributed by atoms with Crippen molar-refractivity contribution in [2.75, 3.05) is 11.5 Å². The average Bonchev–Trinajstić information content (AvgIpc) is 2.81. The fraction of sp³-hybridized carbons (Fsp3) is 0.783. The highest BCUT2D eigenvalue weighted by Gasteiger charge is 2.38. The van der Waals surface area contributed by atoms with Gasteiger partial charge in [-0.15, -0.1) is 0 Å². The molecule has 2 fully saturated rings. The quantitative estimate of drug-likeness (QED) is 0.327. The molecule has 2 unspecified atom stereocenters. The minimum atomic E-state index is -0.895. The molecule has 10 nitrogen and oxygen atoms in total. The molecule has 2 aliphatic heterocycles. The van der Waals surface area contributed by atoms with E-state index < -0.39 is 59.7 Å². The van der Waals surface area contributed by atoms with Crippen molar-refractivity contribution < 1.29 is 24.0 Å². The molecular weight excluding hydrogens is 490 g/mol. The molecule has 0 aromatic heterocycles. The molecule has 2 heterocycles. The van der Waals surface area contributed by atoms with Crippen molar-refractivity contribution in [1.29, 1.82) is 0 Å². The normalized spacial score (nSPS) is 30.9. The van der Waals surface area contributed by atoms with Gasteiger partial charge in [0.25, 0.3) is 0 Å². The highest BCUT2D eigenvalue weighted by atomic mass is 33.1. The Kier molecular flexibility index (Phi) is 11.2. The van der Waals surface area contributed by atoms with Gasteiger partial charge in [-0.25, -0.2) is 0 Å². The predicted octanol–water partition coefficient (Wildman–Crippen LogP) is 0.567. The third-order valence-electron chi connectivity index (χ3n) is 6.65. The van der Waals surface area contributed by atoms with Crippen molar-refractivity contribution in [2.24, 2.45) is 17.8 Å². The van der Waals surface area contributed by atoms with E-state index in [0.29, 0.717) is 24.3 Å². The van der Waals surface area contributed by atoms with Crippen molar-refractivity contribution in [3.05, 3.63) is 0 Å². The van der Waals surface area contributed by atoms with Crippen molar-refractivity contribution >= 4 is 51.1 Å². The number of hydrogen-bond donors (Lipinski definition) is 5. The summed E-state index contributed by atoms with van der Waals surface area (Å²) in [6.07, 6.45) is 1.24. The average molecular weight is 530 g/mol. The van der Waals surface area contributed by atoms with E-state index in [9.17, 15) is 24.0 Å². The lowest BCUT2D eigenvalue weighted by Gasteiger charge is -2.30. The summed E-state index contributed by atoms with van der Waals surface area (Å²) < 4.78 is 0. The van der Waals surface area contributed by atoms with Crippen molar-refractivity contribution in [1.82, 2.24) is 26.6 Å². The van der Waals surface area contributed by atoms with Crippen LogP contribution in [0, 0.1) is 17.8 Å². The van der Waals surface area contributed by atoms with Crippen LogP contribution in [0.3, 0.4) is 0 Å². The van der Waals surface area contributed by atoms with Crippen LogP contribution in [0.2, 0.25) is 0 Å². The summed E-state index contributed by atoms with van der Waals surface area (Å²) in [5, 5.41) is 13.9. The lowest BCUT2D eigenvalue weighted by Crippen LogP contribution is -2.60. The monoisotopic (exact) mass is 529 g/mol. The molecule has 2 saturated heterocycles. The van der Waals surface area contributed by atoms with E-state index >= 15 is 0 Å². The first kappa shape index (κ1) is 29.3. The van der Waals surface area contributed by atoms with E-state index in [0.717, 1.165) is 0 Å². The van der Waals surface area contributed by atoms with Crippen LogP contribution in [0.4, 0.5) is 0 Å². The molecule has 5 N–H and O–H groups in total. The zero-order valence-electron chi connectivity index (χ0n) is 21.3. The summed E-state index contributed by atoms with van der Waals surface area (Å²) >= 11 is 0. The van der Waals surface area contributed by atoms with E-state index in [4.69, 9.17) is 0 Å². The summed E-state index contributed by atoms with van der Waals surface area (Å²) in [7, 11) is 2.80. The van der Waals surface area contributed by atoms with Crippen LogP contribution in [0.5, 0.6) is 0 Å². The van der Waals surface area contributed by atoms with Gasteiger partial charge in [-0.3, -0.25) is 24.0 Å². The molecule has 2 aliphatic rings. The van der Waals surface area contributed by atoms with Crippen LogP contribution in [-0.4, -0.2) is 71.3 Å². The standard InChI is InChI=1S/C23H39N5O5S2/c1-7-12(5)17-22(32)25-14-9-34-35-10-15(24-19(14)29)20(30)26-16(11(3)4)21(31)27-18(13(6)8-2)23(33)28-17/h11-18H,7-10H2,1-6H3,(H,24,29)(H,25,32)(H,26,30)(H,27,31)(H,28,33)/t12?,13?,14-,15-,16+,17+,18-/m1/s1. The van der Waals surface area contributed by atoms with Crippen LogP contribution in [-0.2, 0) is 24.0 Å². The molecule has 0 saturated carbocycles. The van der Waals surface area contributed by atoms with Crippen LogP contribution in [0.1, 0.15) is 54.4 Å². The molecule has 0 aliphatic carbocycles. The molecule has 0 radical (unpaired) electrons. The Bertz CT molecular complexity index is 811. The first-order valence-corrected chi connectivity index (χ1v) is 14.7. The zero-order chi connectivity index (χ0) is 26.3. The molecule has 0 spiro atoms. The van der Waals surface area contributed by atoms with Crippen LogP contribution < -0.4 is 26.6 Å². The Morgan fingerprint density at radius 2 is 0.943 bits per heavy atom. The second-order valence-electron chi connectivity index (χ2n) is 9.67. The highest BCUT2D eigenvalue weighted by molar-refractivity contribution is 8.76. The predicted molar refractivity (Wildman–Crippen MR) is 138 cm³/mol. The topological polar surface area (TPSA) is 146 Å². The second kappa shape index (κ2) is 13.4. The van der Waals surface area contributed by atoms with Gasteiger partial charge in [-0.2, -0.15) is 0 Å². The molecule has 2 bridgehead atoms. The van der Waals surface area contributed by atoms with Crippen molar-refractivity contribution in [3.63, 3.8) is 0 Å². The number of nitrogens with one attached hydrogen (secondary N) is 5. The number of amides is 5. The van der Waals surface area contributed by atoms with Crippen molar-refractivity contribution in [3.8, 4) is 0 Å². The fourth-order valence-electron chi connectivity index (χ4n) is 3.81. The summed E-state index contributed by atoms with van der Waals surface area (Å²) in [6.45, 7) is 11.1. The van der Waals surface area contributed by atoms with E-state index in [2.05, 4.69) is 26.6 Å². The molecule has 35 heavy (non-hydrogen) atoms. The third-order valence-corrected chi connectivity index (χ3v) is 9.07. The first-order valence-electron chi connectivity index (χ1n) is 12.3. The largest absolute Gasteiger partial charge is 0.342 e. The first-order chi connectivity index (χ1) is 16.5. The van der Waals surface area contributed by atoms with E-state index in [1.807, 2.05) is 27.7 Å². The Morgan fingerprint density at radius 3 is 1.37 bits per heavy atom. The number of fused-ring (bicyclic) bond motifs is 3. The number of rotatable bonds is 5. The Morgan fingerprint density at radius 1 is 0.600 bits per heavy atom. The summed E-state index contributed by atoms with van der Waals surface area (Å²) in [4.78, 5) is 65.9. The minimum absolute atomic E-state index is 0.207. The molecule has 7 atom stereocenters. The molecule has 0 aromatic carbocycles. The maximum atomic E-state index is 13.4. The van der Waals surface area contributed by atoms with Gasteiger partial charge in [0.05, 0.1) is 0 Å². The lowest BCUT2D eigenvalue weighted by atomic mass is 9.94. The Hall–Kier alpha value is -1.95. The van der Waals surface area contributed by atoms with Gasteiger partial charge < -0.3 is 26.6 Å². The van der Waals surface area contributed by atoms with Gasteiger partial charge in [-0.1, -0.05) is 76.0 Å². The summed E-state index contributed by atoms with van der Waals surface area (Å²) in [6, 6.07) is -4.39. The van der Waals surface area contributed by atoms with Crippen LogP contribution in [0.15, 0.2) is 0 Å². The SMILES string of the molecule is CCC(C)[C@@H]1NC(=O)[C@@H](C(C)CC)NC(=O)[C@H](C(C)C)NC(=O)[C@H]2CSSC[C@@H](NC1=O)C(=O)N2. The van der Waals surface area contributed by atoms with Gasteiger partial charge in [-0.05, 0) is 17.8 Å². The molecular formula is C23H39N5O5S2. The van der Waals surface area contributed by atoms with Gasteiger partial charge in [0, 0.05) is 11.5 Å². The smallest absolute Gasteiger partial charge is 0.244 e. The van der Waals surface area contributed by atoms with E-state index in [-0.39, 0.29) is 17.8 Å². The molecule has 198 valence electrons. The molecule has 2 rings (SSSR count). The Balaban J connectivity index is 2.51. The maximum absolute atomic E-state index is 13.4. The van der Waals surface area contributed by atoms with Gasteiger partial charge >= 0.3 is 0 Å². The third kappa shape index (κ3) is 7.77. The van der Waals surface area contributed by atoms with Gasteiger partial charge in [0.15, 0.2) is 0 Å². The second-order valence-corrected chi connectivity index (χ2v) is 12.2. The van der Waals surface area contributed by atoms with Gasteiger partial charge in [0.1, 0.15) is 30.2 Å². The van der Waals surface area contributed by atoms with E-state index in [1.54, 1.807) is 13.8 Å². The summed E-state index contributed by atoms with van der Waals surface area (Å²) in [5.41, 5.74) is 0. The van der Waals surface area contributed by atoms with Crippen LogP contribution in [0.25, 0.3) is 0 Å². The fourth-order valence-corrected chi connectivity index (χ4v) is 6.14. The zero-order valence-corrected chi connectivity index (χ0v) is 22.9.